The van der Waals surface area contributed by atoms with Gasteiger partial charge in [-0.1, -0.05) is 42.5 Å². The van der Waals surface area contributed by atoms with Gasteiger partial charge in [-0.2, -0.15) is 13.2 Å². The van der Waals surface area contributed by atoms with Gasteiger partial charge < -0.3 is 19.9 Å². The molecule has 1 aliphatic heterocycles. The molecule has 2 aromatic carbocycles. The van der Waals surface area contributed by atoms with Crippen LogP contribution in [0.2, 0.25) is 0 Å². The summed E-state index contributed by atoms with van der Waals surface area (Å²) in [5.74, 6) is -0.912. The van der Waals surface area contributed by atoms with Crippen LogP contribution in [0.1, 0.15) is 23.8 Å². The van der Waals surface area contributed by atoms with Crippen molar-refractivity contribution in [3.8, 4) is 5.75 Å². The lowest BCUT2D eigenvalue weighted by atomic mass is 10.2. The number of rotatable bonds is 9. The van der Waals surface area contributed by atoms with E-state index in [0.717, 1.165) is 5.56 Å². The third kappa shape index (κ3) is 6.09. The number of carboxylic acids is 1. The number of hydrogen-bond acceptors (Lipinski definition) is 5. The van der Waals surface area contributed by atoms with Gasteiger partial charge in [0.25, 0.3) is 0 Å². The number of thioether (sulfide) groups is 1. The number of benzene rings is 2. The monoisotopic (exact) mass is 439 g/mol. The minimum atomic E-state index is -4.60. The third-order valence-electron chi connectivity index (χ3n) is 4.19. The van der Waals surface area contributed by atoms with Crippen molar-refractivity contribution in [2.75, 3.05) is 12.4 Å². The normalized spacial score (nSPS) is 16.2. The fraction of sp³-hybridized carbons (Fsp3) is 0.286. The molecule has 0 spiro atoms. The Bertz CT molecular complexity index is 903. The first-order valence-electron chi connectivity index (χ1n) is 9.12. The van der Waals surface area contributed by atoms with Crippen molar-refractivity contribution in [1.29, 1.82) is 0 Å². The highest BCUT2D eigenvalue weighted by Crippen LogP contribution is 2.38. The molecule has 1 heterocycles. The Hall–Kier alpha value is -2.81. The molecule has 0 amide bonds. The Labute approximate surface area is 175 Å². The molecule has 5 nitrogen and oxygen atoms in total. The zero-order chi connectivity index (χ0) is 21.6. The Morgan fingerprint density at radius 3 is 2.63 bits per heavy atom. The standard InChI is InChI=1S/C21H20F3NO4S/c22-21(23,24)19-17(25-20(29-19)15-6-2-1-3-7-15)9-10-28-16-8-4-5-14(11-16)12-30-13-18(26)27/h1-8,11,20,25H,9-10,12-13H2,(H,26,27). The summed E-state index contributed by atoms with van der Waals surface area (Å²) >= 11 is 1.25. The van der Waals surface area contributed by atoms with E-state index < -0.39 is 24.1 Å². The molecule has 3 rings (SSSR count). The molecule has 0 bridgehead atoms. The SMILES string of the molecule is O=C(O)CSCc1cccc(OCCC2=C(C(F)(F)F)OC(c3ccccc3)N2)c1. The number of ether oxygens (including phenoxy) is 2. The Morgan fingerprint density at radius 1 is 1.17 bits per heavy atom. The number of carbonyl (C=O) groups is 1. The van der Waals surface area contributed by atoms with Crippen LogP contribution in [-0.4, -0.2) is 29.6 Å². The summed E-state index contributed by atoms with van der Waals surface area (Å²) in [5.41, 5.74) is 1.42. The van der Waals surface area contributed by atoms with Crippen LogP contribution in [0.3, 0.4) is 0 Å². The van der Waals surface area contributed by atoms with Crippen LogP contribution >= 0.6 is 11.8 Å². The highest BCUT2D eigenvalue weighted by atomic mass is 32.2. The second-order valence-corrected chi connectivity index (χ2v) is 7.48. The zero-order valence-electron chi connectivity index (χ0n) is 15.8. The van der Waals surface area contributed by atoms with E-state index >= 15 is 0 Å². The van der Waals surface area contributed by atoms with Crippen molar-refractivity contribution in [1.82, 2.24) is 5.32 Å². The summed E-state index contributed by atoms with van der Waals surface area (Å²) in [4.78, 5) is 10.6. The number of alkyl halides is 3. The molecule has 160 valence electrons. The smallest absolute Gasteiger partial charge is 0.450 e. The van der Waals surface area contributed by atoms with E-state index in [1.807, 2.05) is 6.07 Å². The molecule has 9 heteroatoms. The van der Waals surface area contributed by atoms with Crippen molar-refractivity contribution in [2.24, 2.45) is 0 Å². The van der Waals surface area contributed by atoms with E-state index in [2.05, 4.69) is 5.32 Å². The fourth-order valence-corrected chi connectivity index (χ4v) is 3.59. The van der Waals surface area contributed by atoms with E-state index in [0.29, 0.717) is 17.1 Å². The van der Waals surface area contributed by atoms with Gasteiger partial charge in [-0.3, -0.25) is 4.79 Å². The first-order valence-corrected chi connectivity index (χ1v) is 10.3. The summed E-state index contributed by atoms with van der Waals surface area (Å²) in [6.07, 6.45) is -5.50. The molecule has 0 saturated carbocycles. The summed E-state index contributed by atoms with van der Waals surface area (Å²) in [6.45, 7) is 0.0263. The fourth-order valence-electron chi connectivity index (χ4n) is 2.90. The molecule has 0 aliphatic carbocycles. The second kappa shape index (κ2) is 9.80. The van der Waals surface area contributed by atoms with Gasteiger partial charge in [-0.05, 0) is 17.7 Å². The predicted molar refractivity (Wildman–Crippen MR) is 107 cm³/mol. The van der Waals surface area contributed by atoms with Crippen molar-refractivity contribution >= 4 is 17.7 Å². The van der Waals surface area contributed by atoms with E-state index in [4.69, 9.17) is 14.6 Å². The molecule has 0 aromatic heterocycles. The predicted octanol–water partition coefficient (Wildman–Crippen LogP) is 4.87. The van der Waals surface area contributed by atoms with Crippen LogP contribution in [0.4, 0.5) is 13.2 Å². The Balaban J connectivity index is 1.59. The maximum Gasteiger partial charge on any atom is 0.450 e. The van der Waals surface area contributed by atoms with Gasteiger partial charge in [0.05, 0.1) is 18.1 Å². The van der Waals surface area contributed by atoms with Crippen LogP contribution < -0.4 is 10.1 Å². The molecule has 0 saturated heterocycles. The topological polar surface area (TPSA) is 67.8 Å². The van der Waals surface area contributed by atoms with Gasteiger partial charge in [-0.15, -0.1) is 11.8 Å². The Kier molecular flexibility index (Phi) is 7.15. The number of hydrogen-bond donors (Lipinski definition) is 2. The lowest BCUT2D eigenvalue weighted by Crippen LogP contribution is -2.17. The van der Waals surface area contributed by atoms with Crippen LogP contribution in [0.15, 0.2) is 66.1 Å². The summed E-state index contributed by atoms with van der Waals surface area (Å²) in [6, 6.07) is 15.7. The van der Waals surface area contributed by atoms with Gasteiger partial charge in [0.1, 0.15) is 5.75 Å². The highest BCUT2D eigenvalue weighted by Gasteiger charge is 2.44. The maximum absolute atomic E-state index is 13.4. The number of aliphatic carboxylic acids is 1. The summed E-state index contributed by atoms with van der Waals surface area (Å²) in [5, 5.41) is 11.5. The van der Waals surface area contributed by atoms with Crippen LogP contribution in [-0.2, 0) is 15.3 Å². The lowest BCUT2D eigenvalue weighted by Gasteiger charge is -2.14. The molecule has 0 radical (unpaired) electrons. The van der Waals surface area contributed by atoms with Crippen molar-refractivity contribution in [2.45, 2.75) is 24.6 Å². The van der Waals surface area contributed by atoms with Crippen molar-refractivity contribution in [3.63, 3.8) is 0 Å². The third-order valence-corrected chi connectivity index (χ3v) is 5.18. The van der Waals surface area contributed by atoms with Crippen LogP contribution in [0, 0.1) is 0 Å². The lowest BCUT2D eigenvalue weighted by molar-refractivity contribution is -0.135. The van der Waals surface area contributed by atoms with Gasteiger partial charge in [-0.25, -0.2) is 0 Å². The maximum atomic E-state index is 13.4. The second-order valence-electron chi connectivity index (χ2n) is 6.49. The highest BCUT2D eigenvalue weighted by molar-refractivity contribution is 7.99. The first kappa shape index (κ1) is 21.9. The van der Waals surface area contributed by atoms with Crippen LogP contribution in [0.25, 0.3) is 0 Å². The number of allylic oxidation sites excluding steroid dienone is 1. The molecule has 1 aliphatic rings. The van der Waals surface area contributed by atoms with Gasteiger partial charge in [0.2, 0.25) is 5.76 Å². The van der Waals surface area contributed by atoms with Crippen molar-refractivity contribution < 1.29 is 32.5 Å². The zero-order valence-corrected chi connectivity index (χ0v) is 16.6. The quantitative estimate of drug-likeness (QED) is 0.581. The molecule has 0 fully saturated rings. The van der Waals surface area contributed by atoms with Crippen LogP contribution in [0.5, 0.6) is 5.75 Å². The molecule has 1 unspecified atom stereocenters. The number of carboxylic acid groups (broad SMARTS) is 1. The molecule has 2 aromatic rings. The number of nitrogens with one attached hydrogen (secondary N) is 1. The Morgan fingerprint density at radius 2 is 1.93 bits per heavy atom. The van der Waals surface area contributed by atoms with Gasteiger partial charge in [0.15, 0.2) is 6.23 Å². The van der Waals surface area contributed by atoms with E-state index in [9.17, 15) is 18.0 Å². The minimum Gasteiger partial charge on any atom is -0.493 e. The average Bonchev–Trinajstić information content (AvgIpc) is 3.14. The first-order chi connectivity index (χ1) is 14.3. The number of halogens is 3. The van der Waals surface area contributed by atoms with E-state index in [1.54, 1.807) is 48.5 Å². The molecule has 1 atom stereocenters. The average molecular weight is 439 g/mol. The van der Waals surface area contributed by atoms with Crippen molar-refractivity contribution in [3.05, 3.63) is 77.2 Å². The molecule has 2 N–H and O–H groups in total. The van der Waals surface area contributed by atoms with E-state index in [-0.39, 0.29) is 24.5 Å². The molecular weight excluding hydrogens is 419 g/mol. The molecule has 30 heavy (non-hydrogen) atoms. The summed E-state index contributed by atoms with van der Waals surface area (Å²) in [7, 11) is 0. The van der Waals surface area contributed by atoms with Gasteiger partial charge in [0, 0.05) is 17.7 Å². The molecular formula is C21H20F3NO4S. The van der Waals surface area contributed by atoms with Gasteiger partial charge >= 0.3 is 12.1 Å². The largest absolute Gasteiger partial charge is 0.493 e. The van der Waals surface area contributed by atoms with E-state index in [1.165, 1.54) is 11.8 Å². The summed E-state index contributed by atoms with van der Waals surface area (Å²) < 4.78 is 50.9. The minimum absolute atomic E-state index is 0.00380.